The van der Waals surface area contributed by atoms with Gasteiger partial charge in [0.2, 0.25) is 11.6 Å². The zero-order chi connectivity index (χ0) is 19.9. The Morgan fingerprint density at radius 1 is 1.04 bits per heavy atom. The van der Waals surface area contributed by atoms with Crippen molar-refractivity contribution in [3.8, 4) is 40.4 Å². The first-order valence-electron chi connectivity index (χ1n) is 8.38. The second-order valence-corrected chi connectivity index (χ2v) is 5.48. The van der Waals surface area contributed by atoms with E-state index in [4.69, 9.17) is 29.8 Å². The van der Waals surface area contributed by atoms with Crippen molar-refractivity contribution >= 4 is 5.82 Å². The number of anilines is 1. The number of rotatable bonds is 8. The molecule has 2 heterocycles. The first-order valence-corrected chi connectivity index (χ1v) is 8.38. The minimum Gasteiger partial charge on any atom is -0.493 e. The molecule has 9 nitrogen and oxygen atoms in total. The van der Waals surface area contributed by atoms with Gasteiger partial charge in [0.15, 0.2) is 23.1 Å². The maximum Gasteiger partial charge on any atom is 0.263 e. The van der Waals surface area contributed by atoms with Crippen LogP contribution in [0.4, 0.5) is 5.82 Å². The molecule has 0 aliphatic rings. The molecule has 0 radical (unpaired) electrons. The highest BCUT2D eigenvalue weighted by Gasteiger charge is 2.18. The Hall–Kier alpha value is -3.59. The number of pyridine rings is 1. The highest BCUT2D eigenvalue weighted by molar-refractivity contribution is 5.64. The predicted molar refractivity (Wildman–Crippen MR) is 102 cm³/mol. The molecule has 0 atom stereocenters. The van der Waals surface area contributed by atoms with Crippen LogP contribution in [0.1, 0.15) is 0 Å². The average molecular weight is 384 g/mol. The molecule has 0 saturated carbocycles. The molecule has 0 amide bonds. The Bertz CT molecular complexity index is 951. The fourth-order valence-corrected chi connectivity index (χ4v) is 2.40. The summed E-state index contributed by atoms with van der Waals surface area (Å²) in [6, 6.07) is 10.5. The average Bonchev–Trinajstić information content (AvgIpc) is 2.74. The normalized spacial score (nSPS) is 10.4. The summed E-state index contributed by atoms with van der Waals surface area (Å²) in [6.45, 7) is 0.0205. The summed E-state index contributed by atoms with van der Waals surface area (Å²) in [7, 11) is 3.01. The van der Waals surface area contributed by atoms with Crippen LogP contribution >= 0.6 is 0 Å². The zero-order valence-electron chi connectivity index (χ0n) is 15.5. The molecule has 0 aliphatic heterocycles. The van der Waals surface area contributed by atoms with Gasteiger partial charge in [-0.3, -0.25) is 0 Å². The second kappa shape index (κ2) is 8.87. The number of ether oxygens (including phenoxy) is 4. The molecule has 0 bridgehead atoms. The third-order valence-electron chi connectivity index (χ3n) is 3.67. The van der Waals surface area contributed by atoms with Crippen LogP contribution in [0.2, 0.25) is 0 Å². The number of nitrogen functional groups attached to an aromatic ring is 1. The third-order valence-corrected chi connectivity index (χ3v) is 3.67. The topological polar surface area (TPSA) is 122 Å². The van der Waals surface area contributed by atoms with Crippen LogP contribution in [-0.4, -0.2) is 47.5 Å². The zero-order valence-corrected chi connectivity index (χ0v) is 15.5. The van der Waals surface area contributed by atoms with Gasteiger partial charge in [0.1, 0.15) is 6.61 Å². The van der Waals surface area contributed by atoms with Gasteiger partial charge in [0.25, 0.3) is 5.88 Å². The molecular formula is C19H20N4O5. The van der Waals surface area contributed by atoms with Crippen LogP contribution in [0.15, 0.2) is 42.6 Å². The van der Waals surface area contributed by atoms with Crippen molar-refractivity contribution in [3.05, 3.63) is 42.6 Å². The lowest BCUT2D eigenvalue weighted by molar-refractivity contribution is 0.197. The Morgan fingerprint density at radius 2 is 1.82 bits per heavy atom. The molecular weight excluding hydrogens is 364 g/mol. The molecule has 1 aromatic carbocycles. The predicted octanol–water partition coefficient (Wildman–Crippen LogP) is 2.30. The van der Waals surface area contributed by atoms with E-state index in [2.05, 4.69) is 15.0 Å². The van der Waals surface area contributed by atoms with Crippen molar-refractivity contribution < 1.29 is 24.1 Å². The molecule has 28 heavy (non-hydrogen) atoms. The summed E-state index contributed by atoms with van der Waals surface area (Å²) in [5, 5.41) is 8.87. The van der Waals surface area contributed by atoms with Crippen molar-refractivity contribution in [2.45, 2.75) is 0 Å². The van der Waals surface area contributed by atoms with Gasteiger partial charge < -0.3 is 29.8 Å². The lowest BCUT2D eigenvalue weighted by atomic mass is 10.2. The van der Waals surface area contributed by atoms with E-state index >= 15 is 0 Å². The van der Waals surface area contributed by atoms with Gasteiger partial charge >= 0.3 is 0 Å². The maximum absolute atomic E-state index is 8.87. The van der Waals surface area contributed by atoms with E-state index in [9.17, 15) is 0 Å². The minimum absolute atomic E-state index is 0.0994. The number of aliphatic hydroxyl groups is 1. The number of benzene rings is 1. The standard InChI is InChI=1S/C19H20N4O5/c1-25-13-5-3-4-6-14(13)28-16-17(20)22-18(23-19(16)26-2)12-7-8-21-15(11-12)27-10-9-24/h3-8,11,24H,9-10H2,1-2H3,(H2,20,22,23). The number of nitrogens with zero attached hydrogens (tertiary/aromatic N) is 3. The molecule has 0 unspecified atom stereocenters. The van der Waals surface area contributed by atoms with E-state index in [1.165, 1.54) is 7.11 Å². The molecule has 0 fully saturated rings. The Balaban J connectivity index is 1.96. The molecule has 3 aromatic rings. The van der Waals surface area contributed by atoms with Gasteiger partial charge in [0.05, 0.1) is 20.8 Å². The van der Waals surface area contributed by atoms with Crippen molar-refractivity contribution in [1.82, 2.24) is 15.0 Å². The molecule has 9 heteroatoms. The van der Waals surface area contributed by atoms with E-state index < -0.39 is 0 Å². The van der Waals surface area contributed by atoms with Crippen molar-refractivity contribution in [2.24, 2.45) is 0 Å². The summed E-state index contributed by atoms with van der Waals surface area (Å²) in [6.07, 6.45) is 1.55. The number of nitrogens with two attached hydrogens (primary N) is 1. The molecule has 3 rings (SSSR count). The number of hydrogen-bond donors (Lipinski definition) is 2. The monoisotopic (exact) mass is 384 g/mol. The number of hydrogen-bond acceptors (Lipinski definition) is 9. The summed E-state index contributed by atoms with van der Waals surface area (Å²) < 4.78 is 21.8. The van der Waals surface area contributed by atoms with E-state index in [-0.39, 0.29) is 30.7 Å². The second-order valence-electron chi connectivity index (χ2n) is 5.48. The quantitative estimate of drug-likeness (QED) is 0.602. The van der Waals surface area contributed by atoms with Gasteiger partial charge in [-0.2, -0.15) is 4.98 Å². The maximum atomic E-state index is 8.87. The Morgan fingerprint density at radius 3 is 2.54 bits per heavy atom. The molecule has 3 N–H and O–H groups in total. The van der Waals surface area contributed by atoms with Crippen molar-refractivity contribution in [1.29, 1.82) is 0 Å². The highest BCUT2D eigenvalue weighted by atomic mass is 16.5. The summed E-state index contributed by atoms with van der Waals surface area (Å²) in [4.78, 5) is 12.8. The fourth-order valence-electron chi connectivity index (χ4n) is 2.40. The lowest BCUT2D eigenvalue weighted by Crippen LogP contribution is -2.05. The number of methoxy groups -OCH3 is 2. The first kappa shape index (κ1) is 19.2. The highest BCUT2D eigenvalue weighted by Crippen LogP contribution is 2.39. The third kappa shape index (κ3) is 4.21. The number of aliphatic hydroxyl groups excluding tert-OH is 1. The summed E-state index contributed by atoms with van der Waals surface area (Å²) in [5.41, 5.74) is 6.74. The molecule has 146 valence electrons. The van der Waals surface area contributed by atoms with E-state index in [1.54, 1.807) is 43.6 Å². The van der Waals surface area contributed by atoms with Crippen molar-refractivity contribution in [3.63, 3.8) is 0 Å². The van der Waals surface area contributed by atoms with Crippen LogP contribution in [0.3, 0.4) is 0 Å². The molecule has 0 aliphatic carbocycles. The molecule has 2 aromatic heterocycles. The molecule has 0 saturated heterocycles. The van der Waals surface area contributed by atoms with Gasteiger partial charge in [-0.1, -0.05) is 12.1 Å². The van der Waals surface area contributed by atoms with Gasteiger partial charge in [-0.25, -0.2) is 9.97 Å². The Kier molecular flexibility index (Phi) is 6.07. The summed E-state index contributed by atoms with van der Waals surface area (Å²) >= 11 is 0. The first-order chi connectivity index (χ1) is 13.7. The van der Waals surface area contributed by atoms with Crippen LogP contribution in [0, 0.1) is 0 Å². The minimum atomic E-state index is -0.113. The van der Waals surface area contributed by atoms with Gasteiger partial charge in [0, 0.05) is 17.8 Å². The van der Waals surface area contributed by atoms with Crippen LogP contribution in [0.25, 0.3) is 11.4 Å². The van der Waals surface area contributed by atoms with Crippen LogP contribution in [0.5, 0.6) is 29.0 Å². The lowest BCUT2D eigenvalue weighted by Gasteiger charge is -2.14. The van der Waals surface area contributed by atoms with Crippen LogP contribution < -0.4 is 24.7 Å². The number of para-hydroxylation sites is 2. The van der Waals surface area contributed by atoms with E-state index in [1.807, 2.05) is 6.07 Å². The molecule has 0 spiro atoms. The Labute approximate surface area is 161 Å². The summed E-state index contributed by atoms with van der Waals surface area (Å²) in [5.74, 6) is 2.09. The SMILES string of the molecule is COc1ccccc1Oc1c(N)nc(-c2ccnc(OCCO)c2)nc1OC. The largest absolute Gasteiger partial charge is 0.493 e. The smallest absolute Gasteiger partial charge is 0.263 e. The number of aromatic nitrogens is 3. The van der Waals surface area contributed by atoms with Gasteiger partial charge in [-0.05, 0) is 18.2 Å². The van der Waals surface area contributed by atoms with Crippen molar-refractivity contribution in [2.75, 3.05) is 33.2 Å². The van der Waals surface area contributed by atoms with Gasteiger partial charge in [-0.15, -0.1) is 0 Å². The van der Waals surface area contributed by atoms with Crippen LogP contribution in [-0.2, 0) is 0 Å². The fraction of sp³-hybridized carbons (Fsp3) is 0.211. The van der Waals surface area contributed by atoms with E-state index in [0.29, 0.717) is 28.8 Å². The van der Waals surface area contributed by atoms with E-state index in [0.717, 1.165) is 0 Å².